The van der Waals surface area contributed by atoms with Gasteiger partial charge in [0.1, 0.15) is 0 Å². The van der Waals surface area contributed by atoms with Crippen LogP contribution in [0.4, 0.5) is 0 Å². The molecule has 4 atom stereocenters. The molecule has 0 saturated heterocycles. The van der Waals surface area contributed by atoms with Crippen LogP contribution in [0.3, 0.4) is 0 Å². The maximum Gasteiger partial charge on any atom is 0.0965 e. The van der Waals surface area contributed by atoms with Gasteiger partial charge in [0.25, 0.3) is 0 Å². The summed E-state index contributed by atoms with van der Waals surface area (Å²) in [5.74, 6) is 2.81. The molecule has 3 aliphatic carbocycles. The van der Waals surface area contributed by atoms with Crippen LogP contribution >= 0.6 is 11.3 Å². The summed E-state index contributed by atoms with van der Waals surface area (Å²) < 4.78 is 0. The maximum absolute atomic E-state index is 5.06. The second-order valence-corrected chi connectivity index (χ2v) is 7.71. The Labute approximate surface area is 120 Å². The summed E-state index contributed by atoms with van der Waals surface area (Å²) >= 11 is 2.05. The van der Waals surface area contributed by atoms with E-state index in [0.29, 0.717) is 6.04 Å². The molecule has 2 nitrogen and oxygen atoms in total. The lowest BCUT2D eigenvalue weighted by Crippen LogP contribution is -2.23. The molecule has 1 heterocycles. The predicted molar refractivity (Wildman–Crippen MR) is 79.7 cm³/mol. The van der Waals surface area contributed by atoms with Crippen molar-refractivity contribution in [1.29, 1.82) is 0 Å². The minimum absolute atomic E-state index is 0.596. The first kappa shape index (κ1) is 12.3. The fourth-order valence-electron chi connectivity index (χ4n) is 4.59. The molecule has 0 radical (unpaired) electrons. The van der Waals surface area contributed by atoms with Gasteiger partial charge in [0.2, 0.25) is 0 Å². The number of hydrogen-bond donors (Lipinski definition) is 1. The molecule has 0 aromatic carbocycles. The monoisotopic (exact) mass is 276 g/mol. The third kappa shape index (κ3) is 2.06. The summed E-state index contributed by atoms with van der Waals surface area (Å²) in [5, 5.41) is 5.14. The highest BCUT2D eigenvalue weighted by molar-refractivity contribution is 7.12. The summed E-state index contributed by atoms with van der Waals surface area (Å²) in [6, 6.07) is 0.596. The summed E-state index contributed by atoms with van der Waals surface area (Å²) in [4.78, 5) is 6.64. The molecule has 4 rings (SSSR count). The van der Waals surface area contributed by atoms with Gasteiger partial charge in [0.05, 0.1) is 10.7 Å². The third-order valence-electron chi connectivity index (χ3n) is 5.47. The van der Waals surface area contributed by atoms with Crippen LogP contribution in [-0.2, 0) is 6.42 Å². The molecule has 1 N–H and O–H groups in total. The molecule has 1 aromatic rings. The summed E-state index contributed by atoms with van der Waals surface area (Å²) in [7, 11) is 0. The Morgan fingerprint density at radius 3 is 2.95 bits per heavy atom. The van der Waals surface area contributed by atoms with Crippen molar-refractivity contribution in [2.45, 2.75) is 63.8 Å². The molecule has 2 saturated carbocycles. The van der Waals surface area contributed by atoms with Crippen molar-refractivity contribution in [3.05, 3.63) is 15.6 Å². The van der Waals surface area contributed by atoms with E-state index in [1.54, 1.807) is 4.88 Å². The van der Waals surface area contributed by atoms with Crippen LogP contribution in [0.1, 0.15) is 73.0 Å². The van der Waals surface area contributed by atoms with E-state index in [-0.39, 0.29) is 0 Å². The van der Waals surface area contributed by atoms with Gasteiger partial charge in [0.15, 0.2) is 0 Å². The van der Waals surface area contributed by atoms with Gasteiger partial charge in [-0.05, 0) is 56.9 Å². The van der Waals surface area contributed by atoms with Crippen molar-refractivity contribution in [2.75, 3.05) is 6.54 Å². The SMILES string of the molecule is CCNC1CCCc2nc(C3CC4CCC3C4)sc21. The van der Waals surface area contributed by atoms with E-state index < -0.39 is 0 Å². The lowest BCUT2D eigenvalue weighted by atomic mass is 9.89. The van der Waals surface area contributed by atoms with Crippen molar-refractivity contribution in [2.24, 2.45) is 11.8 Å². The zero-order chi connectivity index (χ0) is 12.8. The van der Waals surface area contributed by atoms with Gasteiger partial charge in [-0.3, -0.25) is 0 Å². The van der Waals surface area contributed by atoms with Crippen molar-refractivity contribution in [3.63, 3.8) is 0 Å². The summed E-state index contributed by atoms with van der Waals surface area (Å²) in [6.07, 6.45) is 9.72. The molecule has 1 aromatic heterocycles. The van der Waals surface area contributed by atoms with E-state index in [1.807, 2.05) is 11.3 Å². The van der Waals surface area contributed by atoms with Crippen LogP contribution in [0, 0.1) is 11.8 Å². The van der Waals surface area contributed by atoms with Crippen molar-refractivity contribution < 1.29 is 0 Å². The first-order chi connectivity index (χ1) is 9.35. The molecule has 2 fully saturated rings. The summed E-state index contributed by atoms with van der Waals surface area (Å²) in [5.41, 5.74) is 1.43. The number of thiazole rings is 1. The van der Waals surface area contributed by atoms with E-state index in [0.717, 1.165) is 24.3 Å². The largest absolute Gasteiger partial charge is 0.309 e. The number of hydrogen-bond acceptors (Lipinski definition) is 3. The molecular formula is C16H24N2S. The Hall–Kier alpha value is -0.410. The molecule has 2 bridgehead atoms. The molecule has 19 heavy (non-hydrogen) atoms. The minimum Gasteiger partial charge on any atom is -0.309 e. The van der Waals surface area contributed by atoms with Crippen LogP contribution < -0.4 is 5.32 Å². The number of aryl methyl sites for hydroxylation is 1. The van der Waals surface area contributed by atoms with Gasteiger partial charge in [-0.1, -0.05) is 13.3 Å². The zero-order valence-electron chi connectivity index (χ0n) is 11.8. The second kappa shape index (κ2) is 4.85. The highest BCUT2D eigenvalue weighted by atomic mass is 32.1. The van der Waals surface area contributed by atoms with Crippen LogP contribution in [-0.4, -0.2) is 11.5 Å². The van der Waals surface area contributed by atoms with Crippen molar-refractivity contribution in [3.8, 4) is 0 Å². The number of aromatic nitrogens is 1. The zero-order valence-corrected chi connectivity index (χ0v) is 12.6. The fraction of sp³-hybridized carbons (Fsp3) is 0.812. The molecule has 0 aliphatic heterocycles. The fourth-order valence-corrected chi connectivity index (χ4v) is 6.02. The van der Waals surface area contributed by atoms with Gasteiger partial charge in [-0.15, -0.1) is 11.3 Å². The number of nitrogens with zero attached hydrogens (tertiary/aromatic N) is 1. The maximum atomic E-state index is 5.06. The van der Waals surface area contributed by atoms with E-state index in [1.165, 1.54) is 55.6 Å². The normalized spacial score (nSPS) is 36.7. The Kier molecular flexibility index (Phi) is 3.15. The number of rotatable bonds is 3. The smallest absolute Gasteiger partial charge is 0.0965 e. The van der Waals surface area contributed by atoms with Gasteiger partial charge < -0.3 is 5.32 Å². The van der Waals surface area contributed by atoms with E-state index in [9.17, 15) is 0 Å². The predicted octanol–water partition coefficient (Wildman–Crippen LogP) is 4.03. The quantitative estimate of drug-likeness (QED) is 0.901. The molecular weight excluding hydrogens is 252 g/mol. The van der Waals surface area contributed by atoms with Gasteiger partial charge in [0, 0.05) is 16.8 Å². The van der Waals surface area contributed by atoms with Crippen LogP contribution in [0.5, 0.6) is 0 Å². The Balaban J connectivity index is 1.61. The lowest BCUT2D eigenvalue weighted by Gasteiger charge is -2.21. The van der Waals surface area contributed by atoms with Crippen molar-refractivity contribution >= 4 is 11.3 Å². The van der Waals surface area contributed by atoms with Crippen LogP contribution in [0.25, 0.3) is 0 Å². The highest BCUT2D eigenvalue weighted by Gasteiger charge is 2.42. The van der Waals surface area contributed by atoms with Crippen molar-refractivity contribution in [1.82, 2.24) is 10.3 Å². The van der Waals surface area contributed by atoms with Gasteiger partial charge >= 0.3 is 0 Å². The average molecular weight is 276 g/mol. The Morgan fingerprint density at radius 2 is 2.21 bits per heavy atom. The molecule has 0 amide bonds. The summed E-state index contributed by atoms with van der Waals surface area (Å²) in [6.45, 7) is 3.29. The third-order valence-corrected chi connectivity index (χ3v) is 6.82. The molecule has 3 heteroatoms. The minimum atomic E-state index is 0.596. The van der Waals surface area contributed by atoms with E-state index in [4.69, 9.17) is 4.98 Å². The number of nitrogens with one attached hydrogen (secondary N) is 1. The molecule has 4 unspecified atom stereocenters. The highest BCUT2D eigenvalue weighted by Crippen LogP contribution is 2.54. The van der Waals surface area contributed by atoms with Gasteiger partial charge in [-0.2, -0.15) is 0 Å². The molecule has 104 valence electrons. The van der Waals surface area contributed by atoms with Crippen LogP contribution in [0.15, 0.2) is 0 Å². The second-order valence-electron chi connectivity index (χ2n) is 6.65. The Morgan fingerprint density at radius 1 is 1.26 bits per heavy atom. The lowest BCUT2D eigenvalue weighted by molar-refractivity contribution is 0.418. The standard InChI is InChI=1S/C16H24N2S/c1-2-17-13-4-3-5-14-15(13)19-16(18-14)12-9-10-6-7-11(12)8-10/h10-13,17H,2-9H2,1H3. The van der Waals surface area contributed by atoms with E-state index in [2.05, 4.69) is 12.2 Å². The average Bonchev–Trinajstić information content (AvgIpc) is 3.13. The van der Waals surface area contributed by atoms with E-state index >= 15 is 0 Å². The first-order valence-electron chi connectivity index (χ1n) is 8.08. The Bertz CT molecular complexity index is 467. The van der Waals surface area contributed by atoms with Gasteiger partial charge in [-0.25, -0.2) is 4.98 Å². The van der Waals surface area contributed by atoms with Crippen LogP contribution in [0.2, 0.25) is 0 Å². The number of fused-ring (bicyclic) bond motifs is 3. The molecule has 3 aliphatic rings. The topological polar surface area (TPSA) is 24.9 Å². The molecule has 0 spiro atoms. The first-order valence-corrected chi connectivity index (χ1v) is 8.89.